The lowest BCUT2D eigenvalue weighted by atomic mass is 10.0. The molecule has 1 aliphatic heterocycles. The maximum atomic E-state index is 11.7. The molecular weight excluding hydrogens is 250 g/mol. The van der Waals surface area contributed by atoms with Crippen LogP contribution in [-0.4, -0.2) is 44.0 Å². The highest BCUT2D eigenvalue weighted by Crippen LogP contribution is 2.19. The molecule has 1 fully saturated rings. The maximum absolute atomic E-state index is 11.7. The van der Waals surface area contributed by atoms with Gasteiger partial charge in [-0.25, -0.2) is 0 Å². The number of hydrogen-bond acceptors (Lipinski definition) is 3. The second kappa shape index (κ2) is 6.75. The predicted octanol–water partition coefficient (Wildman–Crippen LogP) is 2.25. The van der Waals surface area contributed by atoms with E-state index in [1.807, 2.05) is 18.2 Å². The Labute approximate surface area is 121 Å². The van der Waals surface area contributed by atoms with Crippen molar-refractivity contribution in [3.8, 4) is 0 Å². The van der Waals surface area contributed by atoms with Crippen LogP contribution >= 0.6 is 0 Å². The Balaban J connectivity index is 2.02. The van der Waals surface area contributed by atoms with E-state index in [1.54, 1.807) is 7.05 Å². The van der Waals surface area contributed by atoms with Gasteiger partial charge in [-0.3, -0.25) is 4.79 Å². The van der Waals surface area contributed by atoms with Crippen molar-refractivity contribution in [2.75, 3.05) is 32.5 Å². The van der Waals surface area contributed by atoms with Crippen molar-refractivity contribution in [3.63, 3.8) is 0 Å². The molecule has 1 aromatic rings. The highest BCUT2D eigenvalue weighted by Gasteiger charge is 2.18. The minimum Gasteiger partial charge on any atom is -0.383 e. The van der Waals surface area contributed by atoms with E-state index in [9.17, 15) is 4.79 Å². The predicted molar refractivity (Wildman–Crippen MR) is 83.3 cm³/mol. The summed E-state index contributed by atoms with van der Waals surface area (Å²) in [5.41, 5.74) is 2.94. The van der Waals surface area contributed by atoms with Crippen LogP contribution in [0.2, 0.25) is 0 Å². The van der Waals surface area contributed by atoms with E-state index in [0.717, 1.165) is 12.2 Å². The highest BCUT2D eigenvalue weighted by atomic mass is 16.1. The van der Waals surface area contributed by atoms with Crippen LogP contribution in [0.1, 0.15) is 35.2 Å². The fourth-order valence-electron chi connectivity index (χ4n) is 2.73. The third-order valence-corrected chi connectivity index (χ3v) is 4.18. The second-order valence-corrected chi connectivity index (χ2v) is 5.62. The fraction of sp³-hybridized carbons (Fsp3) is 0.562. The standard InChI is InChI=1S/C16H25N3O/c1-12-7-8-13(16(20)17-2)10-15(12)18-11-14-6-4-5-9-19(14)3/h7-8,10,14,18H,4-6,9,11H2,1-3H3,(H,17,20). The Kier molecular flexibility index (Phi) is 5.01. The minimum atomic E-state index is -0.0390. The SMILES string of the molecule is CNC(=O)c1ccc(C)c(NCC2CCCCN2C)c1. The van der Waals surface area contributed by atoms with E-state index in [2.05, 4.69) is 29.5 Å². The summed E-state index contributed by atoms with van der Waals surface area (Å²) in [7, 11) is 3.85. The summed E-state index contributed by atoms with van der Waals surface area (Å²) in [5, 5.41) is 6.18. The van der Waals surface area contributed by atoms with Gasteiger partial charge in [0.05, 0.1) is 0 Å². The van der Waals surface area contributed by atoms with Crippen LogP contribution < -0.4 is 10.6 Å². The third-order valence-electron chi connectivity index (χ3n) is 4.18. The van der Waals surface area contributed by atoms with Crippen molar-refractivity contribution in [1.82, 2.24) is 10.2 Å². The molecular formula is C16H25N3O. The largest absolute Gasteiger partial charge is 0.383 e. The number of likely N-dealkylation sites (N-methyl/N-ethyl adjacent to an activating group) is 1. The Morgan fingerprint density at radius 1 is 1.40 bits per heavy atom. The van der Waals surface area contributed by atoms with Gasteiger partial charge in [-0.2, -0.15) is 0 Å². The molecule has 110 valence electrons. The van der Waals surface area contributed by atoms with Crippen molar-refractivity contribution < 1.29 is 4.79 Å². The molecule has 1 heterocycles. The number of nitrogens with zero attached hydrogens (tertiary/aromatic N) is 1. The minimum absolute atomic E-state index is 0.0390. The lowest BCUT2D eigenvalue weighted by Gasteiger charge is -2.33. The van der Waals surface area contributed by atoms with E-state index in [1.165, 1.54) is 31.4 Å². The summed E-state index contributed by atoms with van der Waals surface area (Å²) in [6.45, 7) is 4.19. The lowest BCUT2D eigenvalue weighted by Crippen LogP contribution is -2.40. The number of amides is 1. The zero-order valence-electron chi connectivity index (χ0n) is 12.7. The zero-order valence-corrected chi connectivity index (χ0v) is 12.7. The molecule has 2 rings (SSSR count). The van der Waals surface area contributed by atoms with E-state index in [0.29, 0.717) is 11.6 Å². The van der Waals surface area contributed by atoms with Crippen molar-refractivity contribution in [2.45, 2.75) is 32.2 Å². The molecule has 0 bridgehead atoms. The van der Waals surface area contributed by atoms with Crippen molar-refractivity contribution in [2.24, 2.45) is 0 Å². The molecule has 1 atom stereocenters. The first-order valence-electron chi connectivity index (χ1n) is 7.38. The van der Waals surface area contributed by atoms with E-state index >= 15 is 0 Å². The average Bonchev–Trinajstić information content (AvgIpc) is 2.47. The summed E-state index contributed by atoms with van der Waals surface area (Å²) < 4.78 is 0. The fourth-order valence-corrected chi connectivity index (χ4v) is 2.73. The molecule has 0 aromatic heterocycles. The van der Waals surface area contributed by atoms with Gasteiger partial charge in [-0.15, -0.1) is 0 Å². The second-order valence-electron chi connectivity index (χ2n) is 5.62. The van der Waals surface area contributed by atoms with E-state index < -0.39 is 0 Å². The number of likely N-dealkylation sites (tertiary alicyclic amines) is 1. The van der Waals surface area contributed by atoms with Crippen LogP contribution in [0.25, 0.3) is 0 Å². The van der Waals surface area contributed by atoms with E-state index in [4.69, 9.17) is 0 Å². The first-order chi connectivity index (χ1) is 9.61. The smallest absolute Gasteiger partial charge is 0.251 e. The van der Waals surface area contributed by atoms with Crippen LogP contribution in [0, 0.1) is 6.92 Å². The molecule has 1 saturated heterocycles. The van der Waals surface area contributed by atoms with Crippen molar-refractivity contribution >= 4 is 11.6 Å². The van der Waals surface area contributed by atoms with Crippen molar-refractivity contribution in [1.29, 1.82) is 0 Å². The summed E-state index contributed by atoms with van der Waals surface area (Å²) >= 11 is 0. The van der Waals surface area contributed by atoms with Gasteiger partial charge in [0.15, 0.2) is 0 Å². The molecule has 0 radical (unpaired) electrons. The van der Waals surface area contributed by atoms with Crippen LogP contribution in [0.4, 0.5) is 5.69 Å². The van der Waals surface area contributed by atoms with Gasteiger partial charge in [0, 0.05) is 30.9 Å². The first kappa shape index (κ1) is 14.9. The number of nitrogens with one attached hydrogen (secondary N) is 2. The van der Waals surface area contributed by atoms with Crippen LogP contribution in [0.15, 0.2) is 18.2 Å². The summed E-state index contributed by atoms with van der Waals surface area (Å²) in [6.07, 6.45) is 3.86. The number of rotatable bonds is 4. The summed E-state index contributed by atoms with van der Waals surface area (Å²) in [5.74, 6) is -0.0390. The number of anilines is 1. The first-order valence-corrected chi connectivity index (χ1v) is 7.38. The van der Waals surface area contributed by atoms with Crippen LogP contribution in [0.5, 0.6) is 0 Å². The summed E-state index contributed by atoms with van der Waals surface area (Å²) in [6, 6.07) is 6.40. The number of piperidine rings is 1. The average molecular weight is 275 g/mol. The van der Waals surface area contributed by atoms with Gasteiger partial charge in [0.25, 0.3) is 5.91 Å². The zero-order chi connectivity index (χ0) is 14.5. The van der Waals surface area contributed by atoms with Gasteiger partial charge in [0.1, 0.15) is 0 Å². The quantitative estimate of drug-likeness (QED) is 0.886. The van der Waals surface area contributed by atoms with Crippen LogP contribution in [0.3, 0.4) is 0 Å². The molecule has 0 saturated carbocycles. The lowest BCUT2D eigenvalue weighted by molar-refractivity contribution is 0.0963. The number of benzene rings is 1. The molecule has 2 N–H and O–H groups in total. The Bertz CT molecular complexity index is 473. The molecule has 1 aliphatic rings. The number of carbonyl (C=O) groups excluding carboxylic acids is 1. The van der Waals surface area contributed by atoms with Gasteiger partial charge in [-0.1, -0.05) is 12.5 Å². The topological polar surface area (TPSA) is 44.4 Å². The Morgan fingerprint density at radius 2 is 2.20 bits per heavy atom. The maximum Gasteiger partial charge on any atom is 0.251 e. The van der Waals surface area contributed by atoms with Crippen LogP contribution in [-0.2, 0) is 0 Å². The molecule has 20 heavy (non-hydrogen) atoms. The van der Waals surface area contributed by atoms with Gasteiger partial charge < -0.3 is 15.5 Å². The summed E-state index contributed by atoms with van der Waals surface area (Å²) in [4.78, 5) is 14.1. The molecule has 1 unspecified atom stereocenters. The highest BCUT2D eigenvalue weighted by molar-refractivity contribution is 5.95. The van der Waals surface area contributed by atoms with E-state index in [-0.39, 0.29) is 5.91 Å². The molecule has 1 aromatic carbocycles. The molecule has 0 spiro atoms. The van der Waals surface area contributed by atoms with Crippen molar-refractivity contribution in [3.05, 3.63) is 29.3 Å². The van der Waals surface area contributed by atoms with Gasteiger partial charge >= 0.3 is 0 Å². The third kappa shape index (κ3) is 3.51. The Hall–Kier alpha value is -1.55. The number of hydrogen-bond donors (Lipinski definition) is 2. The molecule has 0 aliphatic carbocycles. The normalized spacial score (nSPS) is 19.6. The van der Waals surface area contributed by atoms with Gasteiger partial charge in [-0.05, 0) is 51.1 Å². The monoisotopic (exact) mass is 275 g/mol. The molecule has 4 heteroatoms. The number of carbonyl (C=O) groups is 1. The number of aryl methyl sites for hydroxylation is 1. The van der Waals surface area contributed by atoms with Gasteiger partial charge in [0.2, 0.25) is 0 Å². The Morgan fingerprint density at radius 3 is 2.90 bits per heavy atom. The molecule has 1 amide bonds. The molecule has 4 nitrogen and oxygen atoms in total.